The summed E-state index contributed by atoms with van der Waals surface area (Å²) in [7, 11) is 0. The van der Waals surface area contributed by atoms with Crippen LogP contribution in [0.1, 0.15) is 17.3 Å². The Morgan fingerprint density at radius 3 is 2.50 bits per heavy atom. The standard InChI is InChI=1S/C17H15F2N5O2/c1-2-24(9-15(25)20-16-11(18)4-3-5-12(16)19)17(26)10-6-7-13-14(8-10)22-23-21-13/h3-8H,2,9H2,1H3,(H,20,25)(H,21,22,23). The molecule has 0 atom stereocenters. The van der Waals surface area contributed by atoms with Crippen LogP contribution in [0.4, 0.5) is 14.5 Å². The van der Waals surface area contributed by atoms with Crippen LogP contribution in [0.3, 0.4) is 0 Å². The monoisotopic (exact) mass is 359 g/mol. The fourth-order valence-corrected chi connectivity index (χ4v) is 2.45. The van der Waals surface area contributed by atoms with Crippen LogP contribution < -0.4 is 5.32 Å². The minimum Gasteiger partial charge on any atom is -0.330 e. The van der Waals surface area contributed by atoms with Gasteiger partial charge in [0.15, 0.2) is 0 Å². The molecule has 2 aromatic carbocycles. The first-order chi connectivity index (χ1) is 12.5. The summed E-state index contributed by atoms with van der Waals surface area (Å²) in [5.41, 5.74) is 0.922. The van der Waals surface area contributed by atoms with Gasteiger partial charge in [-0.3, -0.25) is 9.59 Å². The number of hydrogen-bond donors (Lipinski definition) is 2. The number of benzene rings is 2. The summed E-state index contributed by atoms with van der Waals surface area (Å²) in [5, 5.41) is 12.4. The highest BCUT2D eigenvalue weighted by Crippen LogP contribution is 2.18. The van der Waals surface area contributed by atoms with Gasteiger partial charge in [0.25, 0.3) is 5.91 Å². The molecule has 0 radical (unpaired) electrons. The van der Waals surface area contributed by atoms with Crippen molar-refractivity contribution in [2.45, 2.75) is 6.92 Å². The number of nitrogens with one attached hydrogen (secondary N) is 2. The first kappa shape index (κ1) is 17.5. The second kappa shape index (κ2) is 7.26. The van der Waals surface area contributed by atoms with E-state index in [-0.39, 0.29) is 13.1 Å². The van der Waals surface area contributed by atoms with Crippen molar-refractivity contribution in [2.24, 2.45) is 0 Å². The van der Waals surface area contributed by atoms with E-state index in [4.69, 9.17) is 0 Å². The van der Waals surface area contributed by atoms with Gasteiger partial charge in [-0.25, -0.2) is 8.78 Å². The van der Waals surface area contributed by atoms with Crippen LogP contribution in [-0.2, 0) is 4.79 Å². The highest BCUT2D eigenvalue weighted by molar-refractivity contribution is 6.01. The van der Waals surface area contributed by atoms with Crippen LogP contribution in [-0.4, -0.2) is 45.2 Å². The zero-order chi connectivity index (χ0) is 18.7. The summed E-state index contributed by atoms with van der Waals surface area (Å²) >= 11 is 0. The number of halogens is 2. The van der Waals surface area contributed by atoms with Crippen molar-refractivity contribution in [3.05, 3.63) is 53.6 Å². The number of hydrogen-bond acceptors (Lipinski definition) is 4. The maximum atomic E-state index is 13.6. The molecule has 0 fully saturated rings. The zero-order valence-electron chi connectivity index (χ0n) is 13.8. The fourth-order valence-electron chi connectivity index (χ4n) is 2.45. The number of nitrogens with zero attached hydrogens (tertiary/aromatic N) is 3. The maximum Gasteiger partial charge on any atom is 0.254 e. The number of carbonyl (C=O) groups excluding carboxylic acids is 2. The number of anilines is 1. The Kier molecular flexibility index (Phi) is 4.87. The predicted octanol–water partition coefficient (Wildman–Crippen LogP) is 2.34. The number of para-hydroxylation sites is 1. The quantitative estimate of drug-likeness (QED) is 0.732. The van der Waals surface area contributed by atoms with E-state index < -0.39 is 29.1 Å². The molecule has 134 valence electrons. The molecular formula is C17H15F2N5O2. The molecule has 0 spiro atoms. The Morgan fingerprint density at radius 1 is 1.12 bits per heavy atom. The van der Waals surface area contributed by atoms with Crippen molar-refractivity contribution in [2.75, 3.05) is 18.4 Å². The van der Waals surface area contributed by atoms with E-state index in [1.807, 2.05) is 0 Å². The highest BCUT2D eigenvalue weighted by atomic mass is 19.1. The Morgan fingerprint density at radius 2 is 1.81 bits per heavy atom. The lowest BCUT2D eigenvalue weighted by Gasteiger charge is -2.20. The van der Waals surface area contributed by atoms with Gasteiger partial charge in [-0.05, 0) is 37.3 Å². The fraction of sp³-hybridized carbons (Fsp3) is 0.176. The van der Waals surface area contributed by atoms with Crippen molar-refractivity contribution < 1.29 is 18.4 Å². The van der Waals surface area contributed by atoms with Gasteiger partial charge in [-0.2, -0.15) is 15.4 Å². The molecule has 2 amide bonds. The van der Waals surface area contributed by atoms with Gasteiger partial charge >= 0.3 is 0 Å². The highest BCUT2D eigenvalue weighted by Gasteiger charge is 2.20. The SMILES string of the molecule is CCN(CC(=O)Nc1c(F)cccc1F)C(=O)c1ccc2n[nH]nc2c1. The van der Waals surface area contributed by atoms with Crippen molar-refractivity contribution in [3.63, 3.8) is 0 Å². The van der Waals surface area contributed by atoms with Crippen molar-refractivity contribution in [1.29, 1.82) is 0 Å². The third kappa shape index (κ3) is 3.51. The Labute approximate surface area is 147 Å². The molecule has 3 rings (SSSR count). The second-order valence-corrected chi connectivity index (χ2v) is 5.49. The van der Waals surface area contributed by atoms with E-state index in [1.54, 1.807) is 25.1 Å². The number of rotatable bonds is 5. The molecule has 7 nitrogen and oxygen atoms in total. The number of fused-ring (bicyclic) bond motifs is 1. The van der Waals surface area contributed by atoms with Crippen molar-refractivity contribution in [1.82, 2.24) is 20.3 Å². The van der Waals surface area contributed by atoms with E-state index in [1.165, 1.54) is 11.0 Å². The Hall–Kier alpha value is -3.36. The molecule has 0 aliphatic carbocycles. The number of aromatic nitrogens is 3. The van der Waals surface area contributed by atoms with Gasteiger partial charge < -0.3 is 10.2 Å². The third-order valence-electron chi connectivity index (χ3n) is 3.79. The Balaban J connectivity index is 1.73. The minimum absolute atomic E-state index is 0.239. The number of likely N-dealkylation sites (N-methyl/N-ethyl adjacent to an activating group) is 1. The molecule has 0 saturated carbocycles. The molecule has 1 heterocycles. The smallest absolute Gasteiger partial charge is 0.254 e. The molecule has 0 bridgehead atoms. The molecule has 0 saturated heterocycles. The summed E-state index contributed by atoms with van der Waals surface area (Å²) < 4.78 is 27.2. The summed E-state index contributed by atoms with van der Waals surface area (Å²) in [6, 6.07) is 8.03. The van der Waals surface area contributed by atoms with Gasteiger partial charge in [0.1, 0.15) is 34.9 Å². The summed E-state index contributed by atoms with van der Waals surface area (Å²) in [5.74, 6) is -2.87. The lowest BCUT2D eigenvalue weighted by Crippen LogP contribution is -2.38. The third-order valence-corrected chi connectivity index (χ3v) is 3.79. The van der Waals surface area contributed by atoms with Crippen LogP contribution in [0.2, 0.25) is 0 Å². The zero-order valence-corrected chi connectivity index (χ0v) is 13.8. The lowest BCUT2D eigenvalue weighted by molar-refractivity contribution is -0.116. The molecule has 3 aromatic rings. The van der Waals surface area contributed by atoms with Crippen LogP contribution in [0.5, 0.6) is 0 Å². The van der Waals surface area contributed by atoms with E-state index in [0.29, 0.717) is 16.6 Å². The summed E-state index contributed by atoms with van der Waals surface area (Å²) in [4.78, 5) is 26.0. The van der Waals surface area contributed by atoms with Gasteiger partial charge in [0.05, 0.1) is 0 Å². The number of aromatic amines is 1. The first-order valence-corrected chi connectivity index (χ1v) is 7.83. The van der Waals surface area contributed by atoms with Gasteiger partial charge in [0.2, 0.25) is 5.91 Å². The van der Waals surface area contributed by atoms with Crippen molar-refractivity contribution >= 4 is 28.5 Å². The van der Waals surface area contributed by atoms with Crippen LogP contribution in [0.25, 0.3) is 11.0 Å². The lowest BCUT2D eigenvalue weighted by atomic mass is 10.1. The van der Waals surface area contributed by atoms with E-state index in [2.05, 4.69) is 20.7 Å². The molecular weight excluding hydrogens is 344 g/mol. The number of carbonyl (C=O) groups is 2. The topological polar surface area (TPSA) is 91.0 Å². The normalized spacial score (nSPS) is 10.7. The molecule has 9 heteroatoms. The van der Waals surface area contributed by atoms with E-state index >= 15 is 0 Å². The summed E-state index contributed by atoms with van der Waals surface area (Å²) in [6.45, 7) is 1.59. The molecule has 2 N–H and O–H groups in total. The Bertz CT molecular complexity index is 952. The average molecular weight is 359 g/mol. The van der Waals surface area contributed by atoms with Crippen LogP contribution >= 0.6 is 0 Å². The summed E-state index contributed by atoms with van der Waals surface area (Å²) in [6.07, 6.45) is 0. The van der Waals surface area contributed by atoms with Crippen LogP contribution in [0, 0.1) is 11.6 Å². The van der Waals surface area contributed by atoms with Crippen LogP contribution in [0.15, 0.2) is 36.4 Å². The maximum absolute atomic E-state index is 13.6. The van der Waals surface area contributed by atoms with E-state index in [0.717, 1.165) is 12.1 Å². The van der Waals surface area contributed by atoms with Gasteiger partial charge in [0, 0.05) is 12.1 Å². The minimum atomic E-state index is -0.885. The van der Waals surface area contributed by atoms with Gasteiger partial charge in [-0.15, -0.1) is 0 Å². The molecule has 0 aliphatic rings. The molecule has 0 unspecified atom stereocenters. The largest absolute Gasteiger partial charge is 0.330 e. The number of H-pyrrole nitrogens is 1. The molecule has 1 aromatic heterocycles. The number of amides is 2. The molecule has 0 aliphatic heterocycles. The predicted molar refractivity (Wildman–Crippen MR) is 90.5 cm³/mol. The van der Waals surface area contributed by atoms with Gasteiger partial charge in [-0.1, -0.05) is 6.07 Å². The first-order valence-electron chi connectivity index (χ1n) is 7.83. The average Bonchev–Trinajstić information content (AvgIpc) is 3.10. The second-order valence-electron chi connectivity index (χ2n) is 5.49. The van der Waals surface area contributed by atoms with E-state index in [9.17, 15) is 18.4 Å². The molecule has 26 heavy (non-hydrogen) atoms. The van der Waals surface area contributed by atoms with Crippen molar-refractivity contribution in [3.8, 4) is 0 Å².